The second-order valence-electron chi connectivity index (χ2n) is 6.75. The van der Waals surface area contributed by atoms with E-state index in [0.717, 1.165) is 0 Å². The van der Waals surface area contributed by atoms with Gasteiger partial charge in [0.05, 0.1) is 25.3 Å². The van der Waals surface area contributed by atoms with Crippen molar-refractivity contribution in [2.75, 3.05) is 14.2 Å². The zero-order chi connectivity index (χ0) is 21.1. The zero-order valence-electron chi connectivity index (χ0n) is 16.7. The van der Waals surface area contributed by atoms with Gasteiger partial charge in [0.1, 0.15) is 11.5 Å². The quantitative estimate of drug-likeness (QED) is 0.414. The van der Waals surface area contributed by atoms with Crippen molar-refractivity contribution >= 4 is 22.3 Å². The highest BCUT2D eigenvalue weighted by atomic mass is 16.5. The SMILES string of the molecule is COc1c(C(=O)c2ccccc2)c(C(=O)c2ccccc2)c(OC)c2ccccc12. The monoisotopic (exact) mass is 396 g/mol. The highest BCUT2D eigenvalue weighted by molar-refractivity contribution is 6.25. The molecule has 0 aromatic heterocycles. The van der Waals surface area contributed by atoms with Crippen LogP contribution in [-0.4, -0.2) is 25.8 Å². The van der Waals surface area contributed by atoms with Gasteiger partial charge in [-0.2, -0.15) is 0 Å². The smallest absolute Gasteiger partial charge is 0.197 e. The fraction of sp³-hybridized carbons (Fsp3) is 0.0769. The van der Waals surface area contributed by atoms with Crippen LogP contribution in [0, 0.1) is 0 Å². The molecule has 4 aromatic rings. The van der Waals surface area contributed by atoms with Gasteiger partial charge in [0, 0.05) is 21.9 Å². The van der Waals surface area contributed by atoms with E-state index in [-0.39, 0.29) is 22.7 Å². The van der Waals surface area contributed by atoms with Crippen LogP contribution in [0.4, 0.5) is 0 Å². The van der Waals surface area contributed by atoms with Crippen LogP contribution in [0.1, 0.15) is 31.8 Å². The Kier molecular flexibility index (Phi) is 5.31. The second-order valence-corrected chi connectivity index (χ2v) is 6.75. The van der Waals surface area contributed by atoms with E-state index in [2.05, 4.69) is 0 Å². The first-order valence-corrected chi connectivity index (χ1v) is 9.53. The van der Waals surface area contributed by atoms with Gasteiger partial charge < -0.3 is 9.47 Å². The van der Waals surface area contributed by atoms with Gasteiger partial charge in [-0.15, -0.1) is 0 Å². The van der Waals surface area contributed by atoms with Crippen molar-refractivity contribution in [3.05, 3.63) is 107 Å². The van der Waals surface area contributed by atoms with E-state index in [9.17, 15) is 9.59 Å². The molecule has 0 atom stereocenters. The summed E-state index contributed by atoms with van der Waals surface area (Å²) in [7, 11) is 3.01. The molecule has 148 valence electrons. The Morgan fingerprint density at radius 1 is 0.533 bits per heavy atom. The van der Waals surface area contributed by atoms with Crippen molar-refractivity contribution in [2.24, 2.45) is 0 Å². The van der Waals surface area contributed by atoms with Gasteiger partial charge >= 0.3 is 0 Å². The molecule has 0 aliphatic heterocycles. The number of rotatable bonds is 6. The predicted molar refractivity (Wildman–Crippen MR) is 117 cm³/mol. The third-order valence-corrected chi connectivity index (χ3v) is 5.05. The summed E-state index contributed by atoms with van der Waals surface area (Å²) in [6, 6.07) is 25.2. The van der Waals surface area contributed by atoms with Crippen molar-refractivity contribution in [1.29, 1.82) is 0 Å². The van der Waals surface area contributed by atoms with Crippen LogP contribution in [0.5, 0.6) is 11.5 Å². The molecule has 0 unspecified atom stereocenters. The number of methoxy groups -OCH3 is 2. The lowest BCUT2D eigenvalue weighted by molar-refractivity contribution is 0.0998. The molecule has 30 heavy (non-hydrogen) atoms. The van der Waals surface area contributed by atoms with Gasteiger partial charge in [-0.3, -0.25) is 9.59 Å². The Morgan fingerprint density at radius 2 is 0.867 bits per heavy atom. The highest BCUT2D eigenvalue weighted by Crippen LogP contribution is 2.42. The number of ether oxygens (including phenoxy) is 2. The Hall–Kier alpha value is -3.92. The molecule has 0 spiro atoms. The zero-order valence-corrected chi connectivity index (χ0v) is 16.7. The van der Waals surface area contributed by atoms with Crippen LogP contribution in [0.15, 0.2) is 84.9 Å². The first-order valence-electron chi connectivity index (χ1n) is 9.53. The van der Waals surface area contributed by atoms with Crippen LogP contribution >= 0.6 is 0 Å². The minimum atomic E-state index is -0.296. The van der Waals surface area contributed by atoms with Gasteiger partial charge in [-0.05, 0) is 0 Å². The van der Waals surface area contributed by atoms with Gasteiger partial charge in [0.2, 0.25) is 0 Å². The summed E-state index contributed by atoms with van der Waals surface area (Å²) in [5, 5.41) is 1.42. The van der Waals surface area contributed by atoms with Crippen molar-refractivity contribution < 1.29 is 19.1 Å². The average Bonchev–Trinajstić information content (AvgIpc) is 2.82. The van der Waals surface area contributed by atoms with Crippen molar-refractivity contribution in [3.8, 4) is 11.5 Å². The van der Waals surface area contributed by atoms with E-state index in [1.807, 2.05) is 36.4 Å². The molecule has 0 N–H and O–H groups in total. The normalized spacial score (nSPS) is 10.6. The molecule has 0 amide bonds. The molecular weight excluding hydrogens is 376 g/mol. The Labute approximate surface area is 174 Å². The minimum absolute atomic E-state index is 0.202. The third kappa shape index (κ3) is 3.22. The van der Waals surface area contributed by atoms with Crippen LogP contribution in [-0.2, 0) is 0 Å². The third-order valence-electron chi connectivity index (χ3n) is 5.05. The topological polar surface area (TPSA) is 52.6 Å². The number of hydrogen-bond donors (Lipinski definition) is 0. The van der Waals surface area contributed by atoms with Crippen LogP contribution in [0.2, 0.25) is 0 Å². The molecule has 4 nitrogen and oxygen atoms in total. The maximum absolute atomic E-state index is 13.6. The Balaban J connectivity index is 2.12. The van der Waals surface area contributed by atoms with Crippen molar-refractivity contribution in [3.63, 3.8) is 0 Å². The number of fused-ring (bicyclic) bond motifs is 1. The molecule has 0 heterocycles. The molecule has 4 heteroatoms. The summed E-state index contributed by atoms with van der Waals surface area (Å²) in [6.45, 7) is 0. The van der Waals surface area contributed by atoms with E-state index in [1.165, 1.54) is 14.2 Å². The number of ketones is 2. The standard InChI is InChI=1S/C26H20O4/c1-29-25-19-15-9-10-16-20(19)26(30-2)22(24(28)18-13-7-4-8-14-18)21(25)23(27)17-11-5-3-6-12-17/h3-16H,1-2H3. The van der Waals surface area contributed by atoms with E-state index < -0.39 is 0 Å². The first-order chi connectivity index (χ1) is 14.7. The summed E-state index contributed by atoms with van der Waals surface area (Å²) in [6.07, 6.45) is 0. The molecule has 0 fully saturated rings. The second kappa shape index (κ2) is 8.21. The molecule has 0 saturated carbocycles. The van der Waals surface area contributed by atoms with Crippen LogP contribution in [0.3, 0.4) is 0 Å². The lowest BCUT2D eigenvalue weighted by Crippen LogP contribution is -2.15. The molecule has 4 rings (SSSR count). The number of benzene rings is 4. The molecule has 4 aromatic carbocycles. The summed E-state index contributed by atoms with van der Waals surface area (Å²) < 4.78 is 11.4. The Morgan fingerprint density at radius 3 is 1.20 bits per heavy atom. The lowest BCUT2D eigenvalue weighted by Gasteiger charge is -2.19. The number of carbonyl (C=O) groups is 2. The van der Waals surface area contributed by atoms with Crippen LogP contribution in [0.25, 0.3) is 10.8 Å². The number of hydrogen-bond acceptors (Lipinski definition) is 4. The van der Waals surface area contributed by atoms with Gasteiger partial charge in [0.25, 0.3) is 0 Å². The molecule has 0 aliphatic carbocycles. The van der Waals surface area contributed by atoms with Crippen molar-refractivity contribution in [1.82, 2.24) is 0 Å². The first kappa shape index (κ1) is 19.4. The minimum Gasteiger partial charge on any atom is -0.495 e. The van der Waals surface area contributed by atoms with E-state index >= 15 is 0 Å². The summed E-state index contributed by atoms with van der Waals surface area (Å²) in [4.78, 5) is 27.2. The summed E-state index contributed by atoms with van der Waals surface area (Å²) in [5.41, 5.74) is 1.34. The van der Waals surface area contributed by atoms with E-state index in [1.54, 1.807) is 48.5 Å². The van der Waals surface area contributed by atoms with Crippen molar-refractivity contribution in [2.45, 2.75) is 0 Å². The predicted octanol–water partition coefficient (Wildman–Crippen LogP) is 5.32. The lowest BCUT2D eigenvalue weighted by atomic mass is 9.88. The molecule has 0 bridgehead atoms. The van der Waals surface area contributed by atoms with Gasteiger partial charge in [0.15, 0.2) is 11.6 Å². The molecular formula is C26H20O4. The highest BCUT2D eigenvalue weighted by Gasteiger charge is 2.30. The maximum Gasteiger partial charge on any atom is 0.197 e. The van der Waals surface area contributed by atoms with E-state index in [0.29, 0.717) is 33.4 Å². The van der Waals surface area contributed by atoms with Gasteiger partial charge in [-0.1, -0.05) is 84.9 Å². The fourth-order valence-electron chi connectivity index (χ4n) is 3.70. The van der Waals surface area contributed by atoms with Gasteiger partial charge in [-0.25, -0.2) is 0 Å². The summed E-state index contributed by atoms with van der Waals surface area (Å²) >= 11 is 0. The summed E-state index contributed by atoms with van der Waals surface area (Å²) in [5.74, 6) is 0.130. The van der Waals surface area contributed by atoms with E-state index in [4.69, 9.17) is 9.47 Å². The number of carbonyl (C=O) groups excluding carboxylic acids is 2. The maximum atomic E-state index is 13.6. The molecule has 0 radical (unpaired) electrons. The average molecular weight is 396 g/mol. The van der Waals surface area contributed by atoms with Crippen LogP contribution < -0.4 is 9.47 Å². The fourth-order valence-corrected chi connectivity index (χ4v) is 3.70. The molecule has 0 aliphatic rings. The Bertz CT molecular complexity index is 1130. The molecule has 0 saturated heterocycles. The largest absolute Gasteiger partial charge is 0.495 e.